The number of carbonyl (C=O) groups excluding carboxylic acids is 1. The van der Waals surface area contributed by atoms with Crippen molar-refractivity contribution in [3.63, 3.8) is 0 Å². The van der Waals surface area contributed by atoms with Gasteiger partial charge in [0.15, 0.2) is 0 Å². The van der Waals surface area contributed by atoms with Crippen molar-refractivity contribution in [2.24, 2.45) is 11.3 Å². The van der Waals surface area contributed by atoms with Gasteiger partial charge in [-0.15, -0.1) is 11.6 Å². The average Bonchev–Trinajstić information content (AvgIpc) is 2.21. The van der Waals surface area contributed by atoms with Crippen LogP contribution in [0.15, 0.2) is 0 Å². The molecule has 0 bridgehead atoms. The number of amides is 1. The van der Waals surface area contributed by atoms with E-state index in [1.165, 1.54) is 0 Å². The largest absolute Gasteiger partial charge is 0.356 e. The van der Waals surface area contributed by atoms with Gasteiger partial charge < -0.3 is 5.32 Å². The fraction of sp³-hybridized carbons (Fsp3) is 0.923. The minimum absolute atomic E-state index is 0.155. The molecule has 0 fully saturated rings. The van der Waals surface area contributed by atoms with Crippen molar-refractivity contribution in [1.82, 2.24) is 5.32 Å². The molecule has 0 spiro atoms. The minimum atomic E-state index is 0.155. The van der Waals surface area contributed by atoms with Gasteiger partial charge in [-0.05, 0) is 30.6 Å². The van der Waals surface area contributed by atoms with Crippen molar-refractivity contribution in [3.8, 4) is 0 Å². The fourth-order valence-corrected chi connectivity index (χ4v) is 1.61. The molecule has 0 aliphatic carbocycles. The first-order valence-corrected chi connectivity index (χ1v) is 6.73. The van der Waals surface area contributed by atoms with E-state index < -0.39 is 0 Å². The zero-order valence-electron chi connectivity index (χ0n) is 11.1. The van der Waals surface area contributed by atoms with Crippen LogP contribution in [0, 0.1) is 11.3 Å². The Bertz CT molecular complexity index is 202. The summed E-state index contributed by atoms with van der Waals surface area (Å²) in [5.41, 5.74) is 0.155. The lowest BCUT2D eigenvalue weighted by molar-refractivity contribution is -0.121. The van der Waals surface area contributed by atoms with E-state index in [0.717, 1.165) is 25.8 Å². The van der Waals surface area contributed by atoms with Gasteiger partial charge in [0.2, 0.25) is 5.91 Å². The maximum Gasteiger partial charge on any atom is 0.220 e. The molecular formula is C13H26ClNO. The number of hydrogen-bond acceptors (Lipinski definition) is 1. The molecule has 1 N–H and O–H groups in total. The molecule has 0 heterocycles. The number of hydrogen-bond donors (Lipinski definition) is 1. The van der Waals surface area contributed by atoms with Crippen molar-refractivity contribution in [3.05, 3.63) is 0 Å². The Labute approximate surface area is 105 Å². The van der Waals surface area contributed by atoms with E-state index in [-0.39, 0.29) is 11.3 Å². The Balaban J connectivity index is 3.72. The average molecular weight is 248 g/mol. The van der Waals surface area contributed by atoms with Gasteiger partial charge in [0.05, 0.1) is 0 Å². The van der Waals surface area contributed by atoms with Gasteiger partial charge in [-0.1, -0.05) is 27.7 Å². The molecule has 0 atom stereocenters. The highest BCUT2D eigenvalue weighted by atomic mass is 35.5. The zero-order valence-corrected chi connectivity index (χ0v) is 11.9. The lowest BCUT2D eigenvalue weighted by Crippen LogP contribution is -2.34. The molecule has 96 valence electrons. The van der Waals surface area contributed by atoms with Gasteiger partial charge in [-0.2, -0.15) is 0 Å². The van der Waals surface area contributed by atoms with Crippen LogP contribution in [0.2, 0.25) is 0 Å². The number of carbonyl (C=O) groups is 1. The van der Waals surface area contributed by atoms with Gasteiger partial charge >= 0.3 is 0 Å². The van der Waals surface area contributed by atoms with Crippen molar-refractivity contribution in [2.75, 3.05) is 12.4 Å². The normalized spacial score (nSPS) is 11.9. The first-order valence-electron chi connectivity index (χ1n) is 6.20. The molecule has 3 heteroatoms. The zero-order chi connectivity index (χ0) is 12.6. The van der Waals surface area contributed by atoms with Crippen LogP contribution in [0.25, 0.3) is 0 Å². The van der Waals surface area contributed by atoms with E-state index in [1.807, 2.05) is 0 Å². The van der Waals surface area contributed by atoms with Crippen LogP contribution in [0.1, 0.15) is 53.4 Å². The summed E-state index contributed by atoms with van der Waals surface area (Å²) in [6, 6.07) is 0. The van der Waals surface area contributed by atoms with E-state index in [2.05, 4.69) is 33.0 Å². The molecule has 0 unspecified atom stereocenters. The van der Waals surface area contributed by atoms with Crippen LogP contribution in [-0.4, -0.2) is 18.3 Å². The van der Waals surface area contributed by atoms with Crippen LogP contribution in [-0.2, 0) is 4.79 Å². The second-order valence-corrected chi connectivity index (χ2v) is 6.04. The standard InChI is InChI=1S/C13H26ClNO/c1-11(2)6-7-12(16)15-10-13(3,4)8-5-9-14/h11H,5-10H2,1-4H3,(H,15,16). The number of rotatable bonds is 8. The molecule has 0 aromatic carbocycles. The van der Waals surface area contributed by atoms with E-state index >= 15 is 0 Å². The van der Waals surface area contributed by atoms with Crippen molar-refractivity contribution >= 4 is 17.5 Å². The fourth-order valence-electron chi connectivity index (χ4n) is 1.48. The summed E-state index contributed by atoms with van der Waals surface area (Å²) in [6.07, 6.45) is 3.68. The summed E-state index contributed by atoms with van der Waals surface area (Å²) >= 11 is 5.67. The summed E-state index contributed by atoms with van der Waals surface area (Å²) in [5.74, 6) is 1.47. The Morgan fingerprint density at radius 3 is 2.50 bits per heavy atom. The number of nitrogens with one attached hydrogen (secondary N) is 1. The van der Waals surface area contributed by atoms with Crippen LogP contribution in [0.5, 0.6) is 0 Å². The first kappa shape index (κ1) is 15.8. The Hall–Kier alpha value is -0.240. The second kappa shape index (κ2) is 7.94. The van der Waals surface area contributed by atoms with Gasteiger partial charge in [0.1, 0.15) is 0 Å². The summed E-state index contributed by atoms with van der Waals surface area (Å²) in [4.78, 5) is 11.5. The highest BCUT2D eigenvalue weighted by Gasteiger charge is 2.18. The smallest absolute Gasteiger partial charge is 0.220 e. The van der Waals surface area contributed by atoms with E-state index in [1.54, 1.807) is 0 Å². The van der Waals surface area contributed by atoms with Crippen LogP contribution in [0.4, 0.5) is 0 Å². The van der Waals surface area contributed by atoms with Crippen LogP contribution in [0.3, 0.4) is 0 Å². The summed E-state index contributed by atoms with van der Waals surface area (Å²) < 4.78 is 0. The Morgan fingerprint density at radius 1 is 1.38 bits per heavy atom. The highest BCUT2D eigenvalue weighted by Crippen LogP contribution is 2.21. The van der Waals surface area contributed by atoms with E-state index in [4.69, 9.17) is 11.6 Å². The SMILES string of the molecule is CC(C)CCC(=O)NCC(C)(C)CCCCl. The molecule has 2 nitrogen and oxygen atoms in total. The van der Waals surface area contributed by atoms with Crippen molar-refractivity contribution in [1.29, 1.82) is 0 Å². The quantitative estimate of drug-likeness (QED) is 0.653. The molecular weight excluding hydrogens is 222 g/mol. The van der Waals surface area contributed by atoms with Gasteiger partial charge in [-0.25, -0.2) is 0 Å². The molecule has 0 saturated heterocycles. The predicted octanol–water partition coefficient (Wildman–Crippen LogP) is 3.58. The number of halogens is 1. The Morgan fingerprint density at radius 2 is 2.00 bits per heavy atom. The third kappa shape index (κ3) is 9.02. The highest BCUT2D eigenvalue weighted by molar-refractivity contribution is 6.17. The molecule has 0 radical (unpaired) electrons. The van der Waals surface area contributed by atoms with Gasteiger partial charge in [-0.3, -0.25) is 4.79 Å². The van der Waals surface area contributed by atoms with E-state index in [9.17, 15) is 4.79 Å². The molecule has 16 heavy (non-hydrogen) atoms. The molecule has 0 aliphatic rings. The number of alkyl halides is 1. The van der Waals surface area contributed by atoms with Gasteiger partial charge in [0, 0.05) is 18.8 Å². The van der Waals surface area contributed by atoms with Gasteiger partial charge in [0.25, 0.3) is 0 Å². The topological polar surface area (TPSA) is 29.1 Å². The molecule has 1 amide bonds. The molecule has 0 rings (SSSR count). The molecule has 0 aromatic heterocycles. The maximum absolute atomic E-state index is 11.5. The minimum Gasteiger partial charge on any atom is -0.356 e. The molecule has 0 aliphatic heterocycles. The van der Waals surface area contributed by atoms with Crippen molar-refractivity contribution in [2.45, 2.75) is 53.4 Å². The lowest BCUT2D eigenvalue weighted by atomic mass is 9.88. The Kier molecular flexibility index (Phi) is 7.82. The molecule has 0 saturated carbocycles. The van der Waals surface area contributed by atoms with Crippen LogP contribution >= 0.6 is 11.6 Å². The predicted molar refractivity (Wildman–Crippen MR) is 70.8 cm³/mol. The summed E-state index contributed by atoms with van der Waals surface area (Å²) in [7, 11) is 0. The maximum atomic E-state index is 11.5. The third-order valence-corrected chi connectivity index (χ3v) is 2.97. The second-order valence-electron chi connectivity index (χ2n) is 5.67. The van der Waals surface area contributed by atoms with Crippen molar-refractivity contribution < 1.29 is 4.79 Å². The molecule has 0 aromatic rings. The third-order valence-electron chi connectivity index (χ3n) is 2.70. The lowest BCUT2D eigenvalue weighted by Gasteiger charge is -2.24. The first-order chi connectivity index (χ1) is 7.37. The monoisotopic (exact) mass is 247 g/mol. The summed E-state index contributed by atoms with van der Waals surface area (Å²) in [6.45, 7) is 9.36. The van der Waals surface area contributed by atoms with Crippen LogP contribution < -0.4 is 5.32 Å². The van der Waals surface area contributed by atoms with E-state index in [0.29, 0.717) is 18.2 Å². The summed E-state index contributed by atoms with van der Waals surface area (Å²) in [5, 5.41) is 3.01.